The molecule has 0 radical (unpaired) electrons. The summed E-state index contributed by atoms with van der Waals surface area (Å²) in [5, 5.41) is 11.1. The highest BCUT2D eigenvalue weighted by Crippen LogP contribution is 2.16. The first-order valence-electron chi connectivity index (χ1n) is 8.58. The Morgan fingerprint density at radius 3 is 2.44 bits per heavy atom. The first kappa shape index (κ1) is 20.4. The molecule has 27 heavy (non-hydrogen) atoms. The summed E-state index contributed by atoms with van der Waals surface area (Å²) in [6.45, 7) is 6.04. The first-order chi connectivity index (χ1) is 13.0. The number of carbonyl (C=O) groups is 1. The van der Waals surface area contributed by atoms with Crippen LogP contribution in [0.1, 0.15) is 35.3 Å². The van der Waals surface area contributed by atoms with Gasteiger partial charge in [0.2, 0.25) is 11.8 Å². The number of non-ortho nitro benzene ring substituents is 1. The number of nitrogens with zero attached hydrogens (tertiary/aromatic N) is 3. The van der Waals surface area contributed by atoms with Crippen LogP contribution < -0.4 is 4.57 Å². The molecule has 1 atom stereocenters. The van der Waals surface area contributed by atoms with Crippen LogP contribution in [0.15, 0.2) is 66.4 Å². The Balaban J connectivity index is 2.40. The maximum absolute atomic E-state index is 13.1. The molecule has 0 N–H and O–H groups in total. The van der Waals surface area contributed by atoms with Gasteiger partial charge in [-0.25, -0.2) is 0 Å². The smallest absolute Gasteiger partial charge is 0.269 e. The summed E-state index contributed by atoms with van der Waals surface area (Å²) in [7, 11) is 0. The zero-order valence-corrected chi connectivity index (χ0v) is 15.9. The summed E-state index contributed by atoms with van der Waals surface area (Å²) in [6.07, 6.45) is 7.22. The molecule has 0 bridgehead atoms. The lowest BCUT2D eigenvalue weighted by Crippen LogP contribution is -2.47. The number of ketones is 1. The van der Waals surface area contributed by atoms with Gasteiger partial charge in [-0.15, -0.1) is 6.58 Å². The molecule has 140 valence electrons. The number of aryl methyl sites for hydroxylation is 1. The van der Waals surface area contributed by atoms with Crippen molar-refractivity contribution in [2.24, 2.45) is 4.99 Å². The van der Waals surface area contributed by atoms with E-state index >= 15 is 0 Å². The number of carbonyl (C=O) groups excluding carboxylic acids is 1. The van der Waals surface area contributed by atoms with Crippen LogP contribution in [0, 0.1) is 10.1 Å². The van der Waals surface area contributed by atoms with E-state index in [1.165, 1.54) is 29.8 Å². The second kappa shape index (κ2) is 9.68. The molecule has 0 aliphatic carbocycles. The van der Waals surface area contributed by atoms with Gasteiger partial charge in [-0.2, -0.15) is 4.57 Å². The van der Waals surface area contributed by atoms with E-state index in [0.29, 0.717) is 12.1 Å². The largest absolute Gasteiger partial charge is 0.758 e. The quantitative estimate of drug-likeness (QED) is 0.0972. The third-order valence-corrected chi connectivity index (χ3v) is 4.33. The van der Waals surface area contributed by atoms with Gasteiger partial charge >= 0.3 is 0 Å². The molecule has 2 aromatic rings. The molecule has 0 saturated heterocycles. The zero-order valence-electron chi connectivity index (χ0n) is 15.1. The molecule has 1 heterocycles. The lowest BCUT2D eigenvalue weighted by Gasteiger charge is -2.18. The van der Waals surface area contributed by atoms with Gasteiger partial charge < -0.3 is 17.6 Å². The Bertz CT molecular complexity index is 846. The molecule has 0 fully saturated rings. The normalized spacial score (nSPS) is 12.4. The van der Waals surface area contributed by atoms with Crippen LogP contribution in [0.5, 0.6) is 0 Å². The van der Waals surface area contributed by atoms with Gasteiger partial charge in [0.05, 0.1) is 11.5 Å². The predicted molar refractivity (Wildman–Crippen MR) is 107 cm³/mol. The molecule has 0 unspecified atom stereocenters. The molecule has 0 spiro atoms. The number of nitro benzene ring substituents is 1. The summed E-state index contributed by atoms with van der Waals surface area (Å²) in [5.74, 6) is -0.268. The number of nitro groups is 1. The molecule has 6 nitrogen and oxygen atoms in total. The highest BCUT2D eigenvalue weighted by Gasteiger charge is 2.28. The van der Waals surface area contributed by atoms with Crippen molar-refractivity contribution in [3.05, 3.63) is 82.7 Å². The van der Waals surface area contributed by atoms with E-state index in [4.69, 9.17) is 12.6 Å². The summed E-state index contributed by atoms with van der Waals surface area (Å²) >= 11 is 5.39. The number of hydrogen-bond donors (Lipinski definition) is 0. The summed E-state index contributed by atoms with van der Waals surface area (Å²) < 4.78 is 1.72. The number of aliphatic imine (C=N–C) groups is 1. The number of rotatable bonds is 9. The van der Waals surface area contributed by atoms with E-state index in [0.717, 1.165) is 12.8 Å². The summed E-state index contributed by atoms with van der Waals surface area (Å²) in [4.78, 5) is 27.6. The van der Waals surface area contributed by atoms with Gasteiger partial charge in [-0.3, -0.25) is 14.9 Å². The fourth-order valence-corrected chi connectivity index (χ4v) is 2.92. The lowest BCUT2D eigenvalue weighted by molar-refractivity contribution is -0.692. The number of Topliss-reactive ketones (excluding diaryl/α,β-unsaturated/α-hetero) is 1. The molecule has 7 heteroatoms. The van der Waals surface area contributed by atoms with Crippen LogP contribution in [0.4, 0.5) is 5.69 Å². The van der Waals surface area contributed by atoms with Crippen molar-refractivity contribution in [1.82, 2.24) is 0 Å². The van der Waals surface area contributed by atoms with Gasteiger partial charge in [-0.1, -0.05) is 19.4 Å². The minimum Gasteiger partial charge on any atom is -0.758 e. The molecule has 0 aliphatic heterocycles. The Morgan fingerprint density at radius 1 is 1.30 bits per heavy atom. The molecule has 2 rings (SSSR count). The van der Waals surface area contributed by atoms with E-state index in [1.54, 1.807) is 10.6 Å². The summed E-state index contributed by atoms with van der Waals surface area (Å²) in [6, 6.07) is 8.61. The average molecular weight is 383 g/mol. The SMILES string of the molecule is C=CCN=C([S-])[C@@H](C(=O)c1ccc([N+](=O)[O-])cc1)[n+]1ccc(CCC)cc1. The van der Waals surface area contributed by atoms with Crippen LogP contribution in [0.3, 0.4) is 0 Å². The average Bonchev–Trinajstić information content (AvgIpc) is 2.68. The second-order valence-corrected chi connectivity index (χ2v) is 6.36. The van der Waals surface area contributed by atoms with Crippen LogP contribution in [0.25, 0.3) is 0 Å². The minimum absolute atomic E-state index is 0.0707. The standard InChI is InChI=1S/C20H21N3O3S/c1-3-5-15-10-13-22(14-11-15)18(20(27)21-12-4-2)19(24)16-6-8-17(9-7-16)23(25)26/h4,6-11,13-14,18H,2-3,5,12H2,1H3/t18-/m1/s1. The molecular formula is C20H21N3O3S. The predicted octanol–water partition coefficient (Wildman–Crippen LogP) is 3.39. The topological polar surface area (TPSA) is 76.4 Å². The highest BCUT2D eigenvalue weighted by atomic mass is 32.1. The van der Waals surface area contributed by atoms with Crippen molar-refractivity contribution >= 4 is 29.1 Å². The Kier molecular flexibility index (Phi) is 7.31. The number of benzene rings is 1. The molecule has 1 aromatic carbocycles. The van der Waals surface area contributed by atoms with E-state index in [2.05, 4.69) is 18.5 Å². The van der Waals surface area contributed by atoms with E-state index in [1.807, 2.05) is 24.5 Å². The first-order valence-corrected chi connectivity index (χ1v) is 8.99. The molecule has 0 saturated carbocycles. The Labute approximate surface area is 163 Å². The van der Waals surface area contributed by atoms with Gasteiger partial charge in [0.1, 0.15) is 0 Å². The number of pyridine rings is 1. The van der Waals surface area contributed by atoms with Crippen LogP contribution >= 0.6 is 0 Å². The van der Waals surface area contributed by atoms with Crippen LogP contribution in [-0.4, -0.2) is 22.3 Å². The maximum atomic E-state index is 13.1. The molecule has 0 amide bonds. The second-order valence-electron chi connectivity index (χ2n) is 5.94. The third-order valence-electron chi connectivity index (χ3n) is 3.98. The fourth-order valence-electron chi connectivity index (χ4n) is 2.62. The zero-order chi connectivity index (χ0) is 19.8. The molecule has 0 aliphatic rings. The molecule has 1 aromatic heterocycles. The Hall–Kier alpha value is -2.93. The van der Waals surface area contributed by atoms with E-state index in [9.17, 15) is 14.9 Å². The highest BCUT2D eigenvalue weighted by molar-refractivity contribution is 7.77. The summed E-state index contributed by atoms with van der Waals surface area (Å²) in [5.41, 5.74) is 1.44. The maximum Gasteiger partial charge on any atom is 0.269 e. The number of aromatic nitrogens is 1. The van der Waals surface area contributed by atoms with Gasteiger partial charge in [-0.05, 0) is 29.2 Å². The van der Waals surface area contributed by atoms with E-state index < -0.39 is 11.0 Å². The van der Waals surface area contributed by atoms with Gasteiger partial charge in [0.25, 0.3) is 5.69 Å². The fraction of sp³-hybridized carbons (Fsp3) is 0.250. The van der Waals surface area contributed by atoms with Gasteiger partial charge in [0, 0.05) is 29.8 Å². The third kappa shape index (κ3) is 5.27. The number of hydrogen-bond acceptors (Lipinski definition) is 5. The van der Waals surface area contributed by atoms with Crippen molar-refractivity contribution in [1.29, 1.82) is 0 Å². The van der Waals surface area contributed by atoms with Crippen molar-refractivity contribution in [2.75, 3.05) is 6.54 Å². The van der Waals surface area contributed by atoms with Crippen molar-refractivity contribution in [3.63, 3.8) is 0 Å². The Morgan fingerprint density at radius 2 is 1.93 bits per heavy atom. The minimum atomic E-state index is -0.794. The van der Waals surface area contributed by atoms with Crippen molar-refractivity contribution in [3.8, 4) is 0 Å². The lowest BCUT2D eigenvalue weighted by atomic mass is 10.0. The van der Waals surface area contributed by atoms with Crippen molar-refractivity contribution < 1.29 is 14.3 Å². The molecular weight excluding hydrogens is 362 g/mol. The monoisotopic (exact) mass is 383 g/mol. The van der Waals surface area contributed by atoms with Crippen molar-refractivity contribution in [2.45, 2.75) is 25.8 Å². The van der Waals surface area contributed by atoms with Crippen LogP contribution in [-0.2, 0) is 19.0 Å². The van der Waals surface area contributed by atoms with Crippen LogP contribution in [0.2, 0.25) is 0 Å². The van der Waals surface area contributed by atoms with E-state index in [-0.39, 0.29) is 16.5 Å². The van der Waals surface area contributed by atoms with Gasteiger partial charge in [0.15, 0.2) is 12.4 Å².